The topological polar surface area (TPSA) is 77.4 Å². The smallest absolute Gasteiger partial charge is 0.297 e. The molecule has 0 radical (unpaired) electrons. The lowest BCUT2D eigenvalue weighted by Crippen LogP contribution is -2.38. The Morgan fingerprint density at radius 2 is 1.86 bits per heavy atom. The van der Waals surface area contributed by atoms with E-state index in [4.69, 9.17) is 0 Å². The fourth-order valence-electron chi connectivity index (χ4n) is 2.76. The summed E-state index contributed by atoms with van der Waals surface area (Å²) in [4.78, 5) is 29.1. The maximum absolute atomic E-state index is 12.5. The highest BCUT2D eigenvalue weighted by molar-refractivity contribution is 5.87. The predicted molar refractivity (Wildman–Crippen MR) is 85.5 cm³/mol. The van der Waals surface area contributed by atoms with E-state index in [-0.39, 0.29) is 11.2 Å². The summed E-state index contributed by atoms with van der Waals surface area (Å²) < 4.78 is 4.37. The van der Waals surface area contributed by atoms with E-state index in [0.29, 0.717) is 36.1 Å². The Morgan fingerprint density at radius 1 is 1.18 bits per heavy atom. The highest BCUT2D eigenvalue weighted by atomic mass is 16.2. The van der Waals surface area contributed by atoms with Gasteiger partial charge < -0.3 is 0 Å². The number of hydrogen-bond acceptors (Lipinski definition) is 5. The summed E-state index contributed by atoms with van der Waals surface area (Å²) in [5, 5.41) is 6.35. The van der Waals surface area contributed by atoms with Crippen LogP contribution in [-0.2, 0) is 20.6 Å². The average molecular weight is 304 g/mol. The molecule has 0 fully saturated rings. The molecule has 8 nitrogen and oxygen atoms in total. The Morgan fingerprint density at radius 3 is 2.50 bits per heavy atom. The zero-order valence-electron chi connectivity index (χ0n) is 13.5. The van der Waals surface area contributed by atoms with Crippen molar-refractivity contribution in [3.8, 4) is 0 Å². The first kappa shape index (κ1) is 14.6. The number of fused-ring (bicyclic) bond motifs is 3. The molecule has 3 rings (SSSR count). The minimum Gasteiger partial charge on any atom is -0.297 e. The molecule has 2 aromatic rings. The lowest BCUT2D eigenvalue weighted by Gasteiger charge is -2.26. The molecule has 22 heavy (non-hydrogen) atoms. The van der Waals surface area contributed by atoms with Gasteiger partial charge in [-0.25, -0.2) is 9.80 Å². The van der Waals surface area contributed by atoms with Crippen LogP contribution in [0.1, 0.15) is 20.8 Å². The summed E-state index contributed by atoms with van der Waals surface area (Å²) in [5.41, 5.74) is 1.06. The maximum atomic E-state index is 12.5. The summed E-state index contributed by atoms with van der Waals surface area (Å²) in [6.45, 7) is 7.33. The number of rotatable bonds is 2. The van der Waals surface area contributed by atoms with Gasteiger partial charge in [-0.2, -0.15) is 10.1 Å². The molecular formula is C14H20N6O2. The lowest BCUT2D eigenvalue weighted by molar-refractivity contribution is 0.594. The fraction of sp³-hybridized carbons (Fsp3) is 0.571. The number of hydrazone groups is 1. The molecule has 0 amide bonds. The van der Waals surface area contributed by atoms with E-state index in [1.54, 1.807) is 7.05 Å². The summed E-state index contributed by atoms with van der Waals surface area (Å²) >= 11 is 0. The Bertz CT molecular complexity index is 899. The quantitative estimate of drug-likeness (QED) is 0.799. The second-order valence-corrected chi connectivity index (χ2v) is 6.19. The van der Waals surface area contributed by atoms with Crippen molar-refractivity contribution in [3.63, 3.8) is 0 Å². The number of aryl methyl sites for hydroxylation is 1. The van der Waals surface area contributed by atoms with Crippen molar-refractivity contribution in [2.24, 2.45) is 25.1 Å². The molecule has 8 heteroatoms. The van der Waals surface area contributed by atoms with Gasteiger partial charge in [0.2, 0.25) is 5.95 Å². The first-order valence-corrected chi connectivity index (χ1v) is 7.29. The van der Waals surface area contributed by atoms with E-state index in [1.807, 2.05) is 16.5 Å². The summed E-state index contributed by atoms with van der Waals surface area (Å²) in [6, 6.07) is 0. The molecule has 0 unspecified atom stereocenters. The van der Waals surface area contributed by atoms with E-state index in [0.717, 1.165) is 10.3 Å². The van der Waals surface area contributed by atoms with E-state index in [1.165, 1.54) is 11.6 Å². The molecule has 3 heterocycles. The lowest BCUT2D eigenvalue weighted by atomic mass is 10.2. The Hall–Kier alpha value is -2.38. The van der Waals surface area contributed by atoms with E-state index in [9.17, 15) is 9.59 Å². The van der Waals surface area contributed by atoms with Crippen molar-refractivity contribution in [2.75, 3.05) is 11.6 Å². The van der Waals surface area contributed by atoms with Crippen LogP contribution in [0.15, 0.2) is 14.7 Å². The number of nitrogens with zero attached hydrogens (tertiary/aromatic N) is 6. The molecule has 0 N–H and O–H groups in total. The first-order chi connectivity index (χ1) is 10.3. The van der Waals surface area contributed by atoms with Gasteiger partial charge in [0.1, 0.15) is 0 Å². The van der Waals surface area contributed by atoms with Gasteiger partial charge in [-0.3, -0.25) is 18.5 Å². The first-order valence-electron chi connectivity index (χ1n) is 7.29. The maximum Gasteiger partial charge on any atom is 0.332 e. The standard InChI is InChI=1S/C14H20N6O2/c1-8(2)6-20-13-15-11-10(19(13)7-9(3)16-20)12(21)18(5)14(22)17(11)4/h8H,6-7H2,1-5H3. The Balaban J connectivity index is 2.35. The highest BCUT2D eigenvalue weighted by Gasteiger charge is 2.26. The summed E-state index contributed by atoms with van der Waals surface area (Å²) in [5.74, 6) is 1.02. The molecule has 0 aromatic carbocycles. The van der Waals surface area contributed by atoms with E-state index < -0.39 is 0 Å². The van der Waals surface area contributed by atoms with Crippen molar-refractivity contribution in [1.82, 2.24) is 18.7 Å². The molecule has 0 aliphatic carbocycles. The van der Waals surface area contributed by atoms with Gasteiger partial charge in [0.25, 0.3) is 5.56 Å². The van der Waals surface area contributed by atoms with Crippen molar-refractivity contribution in [1.29, 1.82) is 0 Å². The average Bonchev–Trinajstić information content (AvgIpc) is 2.81. The van der Waals surface area contributed by atoms with Crippen LogP contribution < -0.4 is 16.3 Å². The molecule has 1 aliphatic rings. The molecule has 118 valence electrons. The molecule has 0 saturated heterocycles. The number of hydrogen-bond donors (Lipinski definition) is 0. The van der Waals surface area contributed by atoms with Gasteiger partial charge >= 0.3 is 5.69 Å². The van der Waals surface area contributed by atoms with Gasteiger partial charge in [-0.1, -0.05) is 13.8 Å². The minimum atomic E-state index is -0.374. The SMILES string of the molecule is CC1=NN(CC(C)C)c2nc3c(c(=O)n(C)c(=O)n3C)n2C1. The fourth-order valence-corrected chi connectivity index (χ4v) is 2.76. The van der Waals surface area contributed by atoms with Gasteiger partial charge in [0.05, 0.1) is 12.3 Å². The van der Waals surface area contributed by atoms with E-state index in [2.05, 4.69) is 23.9 Å². The van der Waals surface area contributed by atoms with Gasteiger partial charge in [-0.15, -0.1) is 0 Å². The second kappa shape index (κ2) is 4.82. The second-order valence-electron chi connectivity index (χ2n) is 6.19. The van der Waals surface area contributed by atoms with Crippen LogP contribution in [0.25, 0.3) is 11.2 Å². The van der Waals surface area contributed by atoms with Crippen molar-refractivity contribution < 1.29 is 0 Å². The zero-order valence-corrected chi connectivity index (χ0v) is 13.5. The molecule has 0 bridgehead atoms. The van der Waals surface area contributed by atoms with Crippen LogP contribution in [-0.4, -0.2) is 30.9 Å². The summed E-state index contributed by atoms with van der Waals surface area (Å²) in [7, 11) is 3.11. The van der Waals surface area contributed by atoms with Crippen LogP contribution in [0.3, 0.4) is 0 Å². The normalized spacial score (nSPS) is 14.6. The summed E-state index contributed by atoms with van der Waals surface area (Å²) in [6.07, 6.45) is 0. The minimum absolute atomic E-state index is 0.323. The van der Waals surface area contributed by atoms with Crippen LogP contribution >= 0.6 is 0 Å². The molecule has 2 aromatic heterocycles. The number of anilines is 1. The van der Waals surface area contributed by atoms with Crippen LogP contribution in [0, 0.1) is 5.92 Å². The largest absolute Gasteiger partial charge is 0.332 e. The highest BCUT2D eigenvalue weighted by Crippen LogP contribution is 2.24. The molecule has 1 aliphatic heterocycles. The van der Waals surface area contributed by atoms with Gasteiger partial charge in [-0.05, 0) is 12.8 Å². The third-order valence-corrected chi connectivity index (χ3v) is 3.78. The third kappa shape index (κ3) is 1.98. The molecule has 0 atom stereocenters. The molecular weight excluding hydrogens is 284 g/mol. The van der Waals surface area contributed by atoms with Crippen molar-refractivity contribution >= 4 is 22.8 Å². The number of imidazole rings is 1. The number of aromatic nitrogens is 4. The predicted octanol–water partition coefficient (Wildman–Crippen LogP) is 0.286. The van der Waals surface area contributed by atoms with Crippen LogP contribution in [0.5, 0.6) is 0 Å². The van der Waals surface area contributed by atoms with Crippen LogP contribution in [0.4, 0.5) is 5.95 Å². The van der Waals surface area contributed by atoms with Gasteiger partial charge in [0.15, 0.2) is 11.2 Å². The van der Waals surface area contributed by atoms with E-state index >= 15 is 0 Å². The zero-order chi connectivity index (χ0) is 16.2. The van der Waals surface area contributed by atoms with Crippen molar-refractivity contribution in [2.45, 2.75) is 27.3 Å². The molecule has 0 saturated carbocycles. The monoisotopic (exact) mass is 304 g/mol. The Labute approximate surface area is 127 Å². The van der Waals surface area contributed by atoms with Gasteiger partial charge in [0, 0.05) is 20.6 Å². The molecule has 0 spiro atoms. The van der Waals surface area contributed by atoms with Crippen LogP contribution in [0.2, 0.25) is 0 Å². The third-order valence-electron chi connectivity index (χ3n) is 3.78. The Kier molecular flexibility index (Phi) is 3.19. The van der Waals surface area contributed by atoms with Crippen molar-refractivity contribution in [3.05, 3.63) is 20.8 Å².